The highest BCUT2D eigenvalue weighted by Gasteiger charge is 2.47. The van der Waals surface area contributed by atoms with E-state index >= 15 is 0 Å². The average Bonchev–Trinajstić information content (AvgIpc) is 3.45. The molecule has 1 aliphatic heterocycles. The maximum atomic E-state index is 14.2. The summed E-state index contributed by atoms with van der Waals surface area (Å²) in [7, 11) is 0. The van der Waals surface area contributed by atoms with Gasteiger partial charge in [-0.2, -0.15) is 0 Å². The fourth-order valence-corrected chi connectivity index (χ4v) is 4.92. The van der Waals surface area contributed by atoms with E-state index in [4.69, 9.17) is 0 Å². The Bertz CT molecular complexity index is 1540. The summed E-state index contributed by atoms with van der Waals surface area (Å²) < 4.78 is 27.9. The predicted molar refractivity (Wildman–Crippen MR) is 139 cm³/mol. The summed E-state index contributed by atoms with van der Waals surface area (Å²) >= 11 is 0. The van der Waals surface area contributed by atoms with E-state index in [0.717, 1.165) is 41.3 Å². The van der Waals surface area contributed by atoms with Gasteiger partial charge in [0.1, 0.15) is 5.76 Å². The summed E-state index contributed by atoms with van der Waals surface area (Å²) in [6.45, 7) is 5.67. The first-order chi connectivity index (χ1) is 17.8. The van der Waals surface area contributed by atoms with Crippen LogP contribution in [0.5, 0.6) is 0 Å². The van der Waals surface area contributed by atoms with E-state index in [9.17, 15) is 23.5 Å². The predicted octanol–water partition coefficient (Wildman–Crippen LogP) is 5.92. The third kappa shape index (κ3) is 4.04. The van der Waals surface area contributed by atoms with Gasteiger partial charge in [0.05, 0.1) is 11.6 Å². The summed E-state index contributed by atoms with van der Waals surface area (Å²) in [5, 5.41) is 12.1. The first kappa shape index (κ1) is 24.2. The van der Waals surface area contributed by atoms with Crippen LogP contribution in [-0.2, 0) is 9.59 Å². The molecule has 8 heteroatoms. The SMILES string of the molecule is CCN(CC)c1ccc(C2/C(=C(/O)c3c[nH]c4ccccc34)C(=O)C(=O)N2c2ccc(F)c(F)c2)cc1. The molecule has 4 aromatic rings. The van der Waals surface area contributed by atoms with Crippen LogP contribution >= 0.6 is 0 Å². The Morgan fingerprint density at radius 2 is 1.68 bits per heavy atom. The van der Waals surface area contributed by atoms with Crippen LogP contribution in [0.2, 0.25) is 0 Å². The van der Waals surface area contributed by atoms with Crippen molar-refractivity contribution in [2.45, 2.75) is 19.9 Å². The first-order valence-electron chi connectivity index (χ1n) is 12.0. The zero-order valence-electron chi connectivity index (χ0n) is 20.3. The lowest BCUT2D eigenvalue weighted by Gasteiger charge is -2.26. The maximum absolute atomic E-state index is 14.2. The monoisotopic (exact) mass is 501 g/mol. The van der Waals surface area contributed by atoms with Crippen molar-refractivity contribution in [1.29, 1.82) is 0 Å². The second-order valence-electron chi connectivity index (χ2n) is 8.78. The number of aromatic nitrogens is 1. The van der Waals surface area contributed by atoms with Crippen LogP contribution in [0, 0.1) is 11.6 Å². The number of aliphatic hydroxyl groups excluding tert-OH is 1. The van der Waals surface area contributed by atoms with Crippen molar-refractivity contribution in [1.82, 2.24) is 4.98 Å². The molecular formula is C29H25F2N3O3. The molecule has 1 fully saturated rings. The molecule has 5 rings (SSSR count). The van der Waals surface area contributed by atoms with Gasteiger partial charge in [0.25, 0.3) is 11.7 Å². The van der Waals surface area contributed by atoms with Gasteiger partial charge in [-0.25, -0.2) is 8.78 Å². The van der Waals surface area contributed by atoms with E-state index in [1.807, 2.05) is 38.1 Å². The molecular weight excluding hydrogens is 476 g/mol. The van der Waals surface area contributed by atoms with E-state index < -0.39 is 29.4 Å². The van der Waals surface area contributed by atoms with Gasteiger partial charge in [0.2, 0.25) is 0 Å². The Morgan fingerprint density at radius 3 is 2.35 bits per heavy atom. The van der Waals surface area contributed by atoms with Crippen molar-refractivity contribution in [3.05, 3.63) is 101 Å². The van der Waals surface area contributed by atoms with E-state index in [0.29, 0.717) is 16.5 Å². The number of para-hydroxylation sites is 1. The Labute approximate surface area is 212 Å². The Kier molecular flexibility index (Phi) is 6.25. The van der Waals surface area contributed by atoms with Crippen LogP contribution in [0.15, 0.2) is 78.5 Å². The molecule has 6 nitrogen and oxygen atoms in total. The molecule has 2 N–H and O–H groups in total. The number of hydrogen-bond donors (Lipinski definition) is 2. The topological polar surface area (TPSA) is 76.6 Å². The first-order valence-corrected chi connectivity index (χ1v) is 12.0. The number of hydrogen-bond acceptors (Lipinski definition) is 4. The molecule has 1 atom stereocenters. The van der Waals surface area contributed by atoms with Crippen LogP contribution in [0.1, 0.15) is 31.0 Å². The number of benzene rings is 3. The van der Waals surface area contributed by atoms with E-state index in [1.165, 1.54) is 6.07 Å². The number of fused-ring (bicyclic) bond motifs is 1. The quantitative estimate of drug-likeness (QED) is 0.195. The third-order valence-electron chi connectivity index (χ3n) is 6.81. The zero-order chi connectivity index (χ0) is 26.3. The van der Waals surface area contributed by atoms with E-state index in [2.05, 4.69) is 9.88 Å². The van der Waals surface area contributed by atoms with Gasteiger partial charge in [-0.05, 0) is 49.7 Å². The van der Waals surface area contributed by atoms with Crippen LogP contribution in [0.4, 0.5) is 20.2 Å². The Hall–Kier alpha value is -4.46. The van der Waals surface area contributed by atoms with Gasteiger partial charge in [-0.15, -0.1) is 0 Å². The molecule has 1 amide bonds. The minimum absolute atomic E-state index is 0.0109. The molecule has 0 radical (unpaired) electrons. The number of anilines is 2. The van der Waals surface area contributed by atoms with Crippen molar-refractivity contribution >= 4 is 39.7 Å². The lowest BCUT2D eigenvalue weighted by atomic mass is 9.94. The van der Waals surface area contributed by atoms with Gasteiger partial charge in [-0.1, -0.05) is 30.3 Å². The molecule has 2 heterocycles. The number of carbonyl (C=O) groups is 2. The van der Waals surface area contributed by atoms with Gasteiger partial charge in [-0.3, -0.25) is 14.5 Å². The molecule has 0 spiro atoms. The zero-order valence-corrected chi connectivity index (χ0v) is 20.3. The fraction of sp³-hybridized carbons (Fsp3) is 0.172. The molecule has 0 bridgehead atoms. The van der Waals surface area contributed by atoms with Crippen molar-refractivity contribution in [2.75, 3.05) is 22.9 Å². The van der Waals surface area contributed by atoms with E-state index in [-0.39, 0.29) is 17.0 Å². The largest absolute Gasteiger partial charge is 0.507 e. The highest BCUT2D eigenvalue weighted by atomic mass is 19.2. The van der Waals surface area contributed by atoms with E-state index in [1.54, 1.807) is 30.5 Å². The van der Waals surface area contributed by atoms with Crippen LogP contribution in [0.3, 0.4) is 0 Å². The molecule has 1 aromatic heterocycles. The molecule has 0 saturated carbocycles. The summed E-state index contributed by atoms with van der Waals surface area (Å²) in [5.74, 6) is -4.42. The number of aromatic amines is 1. The van der Waals surface area contributed by atoms with Crippen LogP contribution < -0.4 is 9.80 Å². The maximum Gasteiger partial charge on any atom is 0.300 e. The Balaban J connectivity index is 1.71. The van der Waals surface area contributed by atoms with Crippen LogP contribution in [0.25, 0.3) is 16.7 Å². The number of aliphatic hydroxyl groups is 1. The number of carbonyl (C=O) groups excluding carboxylic acids is 2. The van der Waals surface area contributed by atoms with Crippen molar-refractivity contribution < 1.29 is 23.5 Å². The normalized spacial score (nSPS) is 17.1. The molecule has 0 aliphatic carbocycles. The number of H-pyrrole nitrogens is 1. The lowest BCUT2D eigenvalue weighted by Crippen LogP contribution is -2.29. The molecule has 1 unspecified atom stereocenters. The minimum atomic E-state index is -1.15. The average molecular weight is 502 g/mol. The summed E-state index contributed by atoms with van der Waals surface area (Å²) in [6, 6.07) is 16.5. The second kappa shape index (κ2) is 9.54. The molecule has 1 saturated heterocycles. The van der Waals surface area contributed by atoms with Gasteiger partial charge >= 0.3 is 0 Å². The van der Waals surface area contributed by atoms with Crippen molar-refractivity contribution in [3.8, 4) is 0 Å². The minimum Gasteiger partial charge on any atom is -0.507 e. The number of ketones is 1. The number of rotatable bonds is 6. The van der Waals surface area contributed by atoms with Crippen LogP contribution in [-0.4, -0.2) is 34.9 Å². The Morgan fingerprint density at radius 1 is 0.973 bits per heavy atom. The number of amides is 1. The molecule has 3 aromatic carbocycles. The second-order valence-corrected chi connectivity index (χ2v) is 8.78. The standard InChI is InChI=1S/C29H25F2N3O3/c1-3-33(4-2)18-11-9-17(10-12-18)26-25(27(35)21-16-32-24-8-6-5-7-20(21)24)28(36)29(37)34(26)19-13-14-22(30)23(31)15-19/h5-16,26,32,35H,3-4H2,1-2H3/b27-25-. The van der Waals surface area contributed by atoms with Gasteiger partial charge in [0.15, 0.2) is 11.6 Å². The number of nitrogens with zero attached hydrogens (tertiary/aromatic N) is 2. The number of Topliss-reactive ketones (excluding diaryl/α,β-unsaturated/α-hetero) is 1. The molecule has 37 heavy (non-hydrogen) atoms. The summed E-state index contributed by atoms with van der Waals surface area (Å²) in [5.41, 5.74) is 2.49. The van der Waals surface area contributed by atoms with Gasteiger partial charge < -0.3 is 15.0 Å². The summed E-state index contributed by atoms with van der Waals surface area (Å²) in [4.78, 5) is 33.0. The lowest BCUT2D eigenvalue weighted by molar-refractivity contribution is -0.132. The number of halogens is 2. The third-order valence-corrected chi connectivity index (χ3v) is 6.81. The van der Waals surface area contributed by atoms with Crippen molar-refractivity contribution in [3.63, 3.8) is 0 Å². The fourth-order valence-electron chi connectivity index (χ4n) is 4.92. The molecule has 188 valence electrons. The smallest absolute Gasteiger partial charge is 0.300 e. The highest BCUT2D eigenvalue weighted by Crippen LogP contribution is 2.43. The van der Waals surface area contributed by atoms with Crippen molar-refractivity contribution in [2.24, 2.45) is 0 Å². The van der Waals surface area contributed by atoms with Gasteiger partial charge in [0, 0.05) is 53.2 Å². The summed E-state index contributed by atoms with van der Waals surface area (Å²) in [6.07, 6.45) is 1.57. The number of nitrogens with one attached hydrogen (secondary N) is 1. The molecule has 1 aliphatic rings. The highest BCUT2D eigenvalue weighted by molar-refractivity contribution is 6.51.